The van der Waals surface area contributed by atoms with Gasteiger partial charge in [-0.15, -0.1) is 0 Å². The van der Waals surface area contributed by atoms with Crippen LogP contribution in [0, 0.1) is 0 Å². The molecule has 3 aromatic rings. The second-order valence-corrected chi connectivity index (χ2v) is 5.51. The monoisotopic (exact) mass is 372 g/mol. The Bertz CT molecular complexity index is 807. The lowest BCUT2D eigenvalue weighted by Gasteiger charge is -2.10. The van der Waals surface area contributed by atoms with Gasteiger partial charge < -0.3 is 20.9 Å². The average Bonchev–Trinajstić information content (AvgIpc) is 2.55. The fourth-order valence-corrected chi connectivity index (χ4v) is 2.09. The van der Waals surface area contributed by atoms with Crippen molar-refractivity contribution in [1.82, 2.24) is 9.97 Å². The van der Waals surface area contributed by atoms with Crippen molar-refractivity contribution in [3.8, 4) is 23.3 Å². The van der Waals surface area contributed by atoms with E-state index in [1.54, 1.807) is 36.4 Å². The van der Waals surface area contributed by atoms with Crippen molar-refractivity contribution in [1.29, 1.82) is 0 Å². The van der Waals surface area contributed by atoms with E-state index in [0.29, 0.717) is 34.6 Å². The Hall–Kier alpha value is -2.80. The molecule has 0 aliphatic heterocycles. The minimum absolute atomic E-state index is 0.433. The quantitative estimate of drug-likeness (QED) is 0.718. The molecule has 0 spiro atoms. The van der Waals surface area contributed by atoms with Crippen molar-refractivity contribution < 1.29 is 9.47 Å². The topological polar surface area (TPSA) is 96.3 Å². The van der Waals surface area contributed by atoms with Crippen molar-refractivity contribution in [2.24, 2.45) is 0 Å². The SMILES string of the molecule is Nc1ccc(Oc2ccc(Br)c(Oc3ccc(N)cn3)c2)nc1. The molecule has 6 nitrogen and oxygen atoms in total. The molecule has 0 saturated heterocycles. The second kappa shape index (κ2) is 6.53. The molecule has 7 heteroatoms. The van der Waals surface area contributed by atoms with Crippen LogP contribution >= 0.6 is 15.9 Å². The van der Waals surface area contributed by atoms with Crippen LogP contribution in [-0.2, 0) is 0 Å². The molecule has 0 saturated carbocycles. The van der Waals surface area contributed by atoms with Gasteiger partial charge in [0.05, 0.1) is 28.2 Å². The van der Waals surface area contributed by atoms with E-state index in [1.165, 1.54) is 12.4 Å². The zero-order valence-electron chi connectivity index (χ0n) is 11.9. The third-order valence-electron chi connectivity index (χ3n) is 2.86. The van der Waals surface area contributed by atoms with Crippen molar-refractivity contribution in [3.63, 3.8) is 0 Å². The summed E-state index contributed by atoms with van der Waals surface area (Å²) in [6.45, 7) is 0. The fraction of sp³-hybridized carbons (Fsp3) is 0. The molecule has 0 atom stereocenters. The highest BCUT2D eigenvalue weighted by Crippen LogP contribution is 2.34. The molecule has 4 N–H and O–H groups in total. The third kappa shape index (κ3) is 3.89. The van der Waals surface area contributed by atoms with Crippen LogP contribution in [0.15, 0.2) is 59.3 Å². The molecule has 116 valence electrons. The molecule has 0 aliphatic carbocycles. The molecule has 1 aromatic carbocycles. The van der Waals surface area contributed by atoms with E-state index in [2.05, 4.69) is 25.9 Å². The van der Waals surface area contributed by atoms with Crippen molar-refractivity contribution in [2.45, 2.75) is 0 Å². The van der Waals surface area contributed by atoms with Gasteiger partial charge in [-0.3, -0.25) is 0 Å². The van der Waals surface area contributed by atoms with Crippen molar-refractivity contribution in [2.75, 3.05) is 11.5 Å². The summed E-state index contributed by atoms with van der Waals surface area (Å²) in [5, 5.41) is 0. The molecule has 2 aromatic heterocycles. The first-order chi connectivity index (χ1) is 11.1. The lowest BCUT2D eigenvalue weighted by Crippen LogP contribution is -1.93. The first kappa shape index (κ1) is 15.1. The summed E-state index contributed by atoms with van der Waals surface area (Å²) < 4.78 is 12.2. The molecular weight excluding hydrogens is 360 g/mol. The van der Waals surface area contributed by atoms with E-state index in [4.69, 9.17) is 20.9 Å². The van der Waals surface area contributed by atoms with E-state index in [0.717, 1.165) is 4.47 Å². The predicted octanol–water partition coefficient (Wildman–Crippen LogP) is 3.99. The van der Waals surface area contributed by atoms with E-state index >= 15 is 0 Å². The number of ether oxygens (including phenoxy) is 2. The molecular formula is C16H13BrN4O2. The lowest BCUT2D eigenvalue weighted by molar-refractivity contribution is 0.440. The van der Waals surface area contributed by atoms with Crippen molar-refractivity contribution >= 4 is 27.3 Å². The molecule has 0 radical (unpaired) electrons. The van der Waals surface area contributed by atoms with Crippen LogP contribution in [0.25, 0.3) is 0 Å². The Morgan fingerprint density at radius 3 is 1.96 bits per heavy atom. The summed E-state index contributed by atoms with van der Waals surface area (Å²) in [6.07, 6.45) is 3.06. The molecule has 0 bridgehead atoms. The number of pyridine rings is 2. The van der Waals surface area contributed by atoms with Gasteiger partial charge in [0.15, 0.2) is 0 Å². The number of benzene rings is 1. The smallest absolute Gasteiger partial charge is 0.219 e. The summed E-state index contributed by atoms with van der Waals surface area (Å²) in [5.41, 5.74) is 12.4. The number of anilines is 2. The maximum atomic E-state index is 5.73. The van der Waals surface area contributed by atoms with Gasteiger partial charge in [0, 0.05) is 18.2 Å². The number of hydrogen-bond acceptors (Lipinski definition) is 6. The minimum Gasteiger partial charge on any atom is -0.439 e. The van der Waals surface area contributed by atoms with Crippen LogP contribution in [0.4, 0.5) is 11.4 Å². The number of halogens is 1. The van der Waals surface area contributed by atoms with Crippen LogP contribution in [-0.4, -0.2) is 9.97 Å². The van der Waals surface area contributed by atoms with Crippen LogP contribution in [0.1, 0.15) is 0 Å². The number of aromatic nitrogens is 2. The normalized spacial score (nSPS) is 10.3. The first-order valence-corrected chi connectivity index (χ1v) is 7.48. The van der Waals surface area contributed by atoms with Gasteiger partial charge in [0.25, 0.3) is 0 Å². The Morgan fingerprint density at radius 2 is 1.39 bits per heavy atom. The lowest BCUT2D eigenvalue weighted by atomic mass is 10.3. The van der Waals surface area contributed by atoms with Gasteiger partial charge in [0.1, 0.15) is 11.5 Å². The van der Waals surface area contributed by atoms with Gasteiger partial charge in [-0.2, -0.15) is 0 Å². The summed E-state index contributed by atoms with van der Waals surface area (Å²) in [7, 11) is 0. The predicted molar refractivity (Wildman–Crippen MR) is 91.6 cm³/mol. The van der Waals surface area contributed by atoms with Crippen molar-refractivity contribution in [3.05, 3.63) is 59.3 Å². The van der Waals surface area contributed by atoms with E-state index < -0.39 is 0 Å². The van der Waals surface area contributed by atoms with E-state index in [9.17, 15) is 0 Å². The van der Waals surface area contributed by atoms with E-state index in [-0.39, 0.29) is 0 Å². The molecule has 3 rings (SSSR count). The summed E-state index contributed by atoms with van der Waals surface area (Å²) >= 11 is 3.43. The van der Waals surface area contributed by atoms with Gasteiger partial charge in [-0.1, -0.05) is 0 Å². The third-order valence-corrected chi connectivity index (χ3v) is 3.51. The molecule has 0 unspecified atom stereocenters. The van der Waals surface area contributed by atoms with Gasteiger partial charge >= 0.3 is 0 Å². The molecule has 23 heavy (non-hydrogen) atoms. The maximum Gasteiger partial charge on any atom is 0.219 e. The number of nitrogens with zero attached hydrogens (tertiary/aromatic N) is 2. The summed E-state index contributed by atoms with van der Waals surface area (Å²) in [6, 6.07) is 12.2. The minimum atomic E-state index is 0.433. The average molecular weight is 373 g/mol. The first-order valence-electron chi connectivity index (χ1n) is 6.68. The zero-order valence-corrected chi connectivity index (χ0v) is 13.5. The Labute approximate surface area is 141 Å². The molecule has 2 heterocycles. The summed E-state index contributed by atoms with van der Waals surface area (Å²) in [4.78, 5) is 8.20. The van der Waals surface area contributed by atoms with Crippen LogP contribution in [0.3, 0.4) is 0 Å². The Morgan fingerprint density at radius 1 is 0.783 bits per heavy atom. The van der Waals surface area contributed by atoms with Crippen LogP contribution in [0.5, 0.6) is 23.3 Å². The van der Waals surface area contributed by atoms with Gasteiger partial charge in [-0.05, 0) is 40.2 Å². The summed E-state index contributed by atoms with van der Waals surface area (Å²) in [5.74, 6) is 2.02. The highest BCUT2D eigenvalue weighted by Gasteiger charge is 2.07. The molecule has 0 fully saturated rings. The second-order valence-electron chi connectivity index (χ2n) is 4.66. The maximum absolute atomic E-state index is 5.73. The molecule has 0 aliphatic rings. The highest BCUT2D eigenvalue weighted by atomic mass is 79.9. The van der Waals surface area contributed by atoms with Crippen LogP contribution in [0.2, 0.25) is 0 Å². The van der Waals surface area contributed by atoms with Gasteiger partial charge in [-0.25, -0.2) is 9.97 Å². The largest absolute Gasteiger partial charge is 0.439 e. The number of rotatable bonds is 4. The number of hydrogen-bond donors (Lipinski definition) is 2. The van der Waals surface area contributed by atoms with E-state index in [1.807, 2.05) is 6.07 Å². The number of nitrogen functional groups attached to an aromatic ring is 2. The standard InChI is InChI=1S/C16H13BrN4O2/c17-13-4-3-12(22-15-5-1-10(18)8-20-15)7-14(13)23-16-6-2-11(19)9-21-16/h1-9H,18-19H2. The zero-order chi connectivity index (χ0) is 16.2. The Kier molecular flexibility index (Phi) is 4.29. The fourth-order valence-electron chi connectivity index (χ4n) is 1.76. The van der Waals surface area contributed by atoms with Crippen LogP contribution < -0.4 is 20.9 Å². The number of nitrogens with two attached hydrogens (primary N) is 2. The molecule has 0 amide bonds. The van der Waals surface area contributed by atoms with Gasteiger partial charge in [0.2, 0.25) is 11.8 Å². The highest BCUT2D eigenvalue weighted by molar-refractivity contribution is 9.10. The Balaban J connectivity index is 1.81.